The van der Waals surface area contributed by atoms with Crippen LogP contribution in [0.2, 0.25) is 0 Å². The number of ketones is 1. The van der Waals surface area contributed by atoms with Gasteiger partial charge in [-0.15, -0.1) is 0 Å². The lowest BCUT2D eigenvalue weighted by Gasteiger charge is -2.53. The van der Waals surface area contributed by atoms with E-state index in [1.165, 1.54) is 0 Å². The average molecular weight is 227 g/mol. The van der Waals surface area contributed by atoms with Gasteiger partial charge in [0.25, 0.3) is 0 Å². The number of nitrogens with zero attached hydrogens (tertiary/aromatic N) is 1. The van der Waals surface area contributed by atoms with Gasteiger partial charge in [-0.05, 0) is 41.5 Å². The molecule has 4 nitrogen and oxygen atoms in total. The number of Topliss-reactive ketones (excluding diaryl/α,β-unsaturated/α-hetero) is 1. The molecule has 1 rings (SSSR count). The van der Waals surface area contributed by atoms with Gasteiger partial charge in [0, 0.05) is 6.54 Å². The molecule has 1 fully saturated rings. The van der Waals surface area contributed by atoms with Gasteiger partial charge in [-0.25, -0.2) is 4.79 Å². The first-order chi connectivity index (χ1) is 7.05. The van der Waals surface area contributed by atoms with Crippen LogP contribution in [-0.2, 0) is 9.53 Å². The van der Waals surface area contributed by atoms with Gasteiger partial charge in [-0.3, -0.25) is 4.79 Å². The lowest BCUT2D eigenvalue weighted by atomic mass is 9.75. The lowest BCUT2D eigenvalue weighted by molar-refractivity contribution is -0.136. The molecule has 1 amide bonds. The fraction of sp³-hybridized carbons (Fsp3) is 0.833. The summed E-state index contributed by atoms with van der Waals surface area (Å²) in [4.78, 5) is 24.7. The van der Waals surface area contributed by atoms with Crippen molar-refractivity contribution in [3.8, 4) is 0 Å². The standard InChI is InChI=1S/C12H21NO3/c1-8(14)9-7-13(12(9,5)6)10(15)16-11(2,3)4/h9H,7H2,1-6H3. The minimum absolute atomic E-state index is 0.0694. The van der Waals surface area contributed by atoms with E-state index in [9.17, 15) is 9.59 Å². The van der Waals surface area contributed by atoms with E-state index in [4.69, 9.17) is 4.74 Å². The van der Waals surface area contributed by atoms with Crippen LogP contribution in [0.4, 0.5) is 4.79 Å². The number of ether oxygens (including phenoxy) is 1. The van der Waals surface area contributed by atoms with Crippen molar-refractivity contribution in [1.82, 2.24) is 4.90 Å². The first-order valence-electron chi connectivity index (χ1n) is 5.57. The van der Waals surface area contributed by atoms with Gasteiger partial charge in [0.2, 0.25) is 0 Å². The summed E-state index contributed by atoms with van der Waals surface area (Å²) in [5.41, 5.74) is -0.914. The molecule has 0 aliphatic carbocycles. The van der Waals surface area contributed by atoms with Gasteiger partial charge in [0.1, 0.15) is 11.4 Å². The fourth-order valence-electron chi connectivity index (χ4n) is 1.97. The number of carbonyl (C=O) groups excluding carboxylic acids is 2. The van der Waals surface area contributed by atoms with Gasteiger partial charge in [0.05, 0.1) is 11.5 Å². The van der Waals surface area contributed by atoms with Gasteiger partial charge < -0.3 is 9.64 Å². The highest BCUT2D eigenvalue weighted by molar-refractivity contribution is 5.84. The van der Waals surface area contributed by atoms with Crippen molar-refractivity contribution >= 4 is 11.9 Å². The summed E-state index contributed by atoms with van der Waals surface area (Å²) in [5.74, 6) is 0.0600. The average Bonchev–Trinajstić information content (AvgIpc) is 1.97. The van der Waals surface area contributed by atoms with Crippen molar-refractivity contribution in [3.63, 3.8) is 0 Å². The Hall–Kier alpha value is -1.06. The molecular formula is C12H21NO3. The fourth-order valence-corrected chi connectivity index (χ4v) is 1.97. The van der Waals surface area contributed by atoms with E-state index in [1.807, 2.05) is 34.6 Å². The van der Waals surface area contributed by atoms with Crippen LogP contribution in [0.15, 0.2) is 0 Å². The number of likely N-dealkylation sites (tertiary alicyclic amines) is 1. The Morgan fingerprint density at radius 2 is 1.81 bits per heavy atom. The van der Waals surface area contributed by atoms with Crippen molar-refractivity contribution in [2.24, 2.45) is 5.92 Å². The molecule has 1 aliphatic heterocycles. The molecule has 1 atom stereocenters. The molecule has 1 heterocycles. The van der Waals surface area contributed by atoms with E-state index in [2.05, 4.69) is 0 Å². The van der Waals surface area contributed by atoms with E-state index < -0.39 is 11.1 Å². The Balaban J connectivity index is 2.66. The summed E-state index contributed by atoms with van der Waals surface area (Å²) in [6.45, 7) is 11.3. The summed E-state index contributed by atoms with van der Waals surface area (Å²) < 4.78 is 5.28. The van der Waals surface area contributed by atoms with Crippen LogP contribution in [0.5, 0.6) is 0 Å². The third-order valence-electron chi connectivity index (χ3n) is 3.02. The summed E-state index contributed by atoms with van der Waals surface area (Å²) in [6.07, 6.45) is -0.338. The van der Waals surface area contributed by atoms with Crippen LogP contribution in [0.3, 0.4) is 0 Å². The van der Waals surface area contributed by atoms with Gasteiger partial charge in [-0.1, -0.05) is 0 Å². The van der Waals surface area contributed by atoms with Gasteiger partial charge in [-0.2, -0.15) is 0 Å². The van der Waals surface area contributed by atoms with Crippen molar-refractivity contribution in [3.05, 3.63) is 0 Å². The SMILES string of the molecule is CC(=O)C1CN(C(=O)OC(C)(C)C)C1(C)C. The maximum atomic E-state index is 11.8. The van der Waals surface area contributed by atoms with Crippen LogP contribution in [0.25, 0.3) is 0 Å². The molecule has 0 N–H and O–H groups in total. The Morgan fingerprint density at radius 1 is 1.31 bits per heavy atom. The molecule has 16 heavy (non-hydrogen) atoms. The van der Waals surface area contributed by atoms with E-state index in [0.717, 1.165) is 0 Å². The third-order valence-corrected chi connectivity index (χ3v) is 3.02. The predicted octanol–water partition coefficient (Wildman–Crippen LogP) is 2.22. The highest BCUT2D eigenvalue weighted by Crippen LogP contribution is 2.37. The highest BCUT2D eigenvalue weighted by atomic mass is 16.6. The van der Waals surface area contributed by atoms with Gasteiger partial charge in [0.15, 0.2) is 0 Å². The Labute approximate surface area is 96.9 Å². The topological polar surface area (TPSA) is 46.6 Å². The number of carbonyl (C=O) groups is 2. The molecule has 0 aromatic heterocycles. The van der Waals surface area contributed by atoms with E-state index in [0.29, 0.717) is 6.54 Å². The van der Waals surface area contributed by atoms with Crippen LogP contribution in [0, 0.1) is 5.92 Å². The molecule has 0 aromatic rings. The van der Waals surface area contributed by atoms with Crippen LogP contribution in [-0.4, -0.2) is 34.5 Å². The summed E-state index contributed by atoms with van der Waals surface area (Å²) in [7, 11) is 0. The first-order valence-corrected chi connectivity index (χ1v) is 5.57. The minimum atomic E-state index is -0.492. The molecule has 92 valence electrons. The second-order valence-electron chi connectivity index (χ2n) is 5.91. The van der Waals surface area contributed by atoms with Crippen molar-refractivity contribution in [1.29, 1.82) is 0 Å². The van der Waals surface area contributed by atoms with Crippen molar-refractivity contribution in [2.45, 2.75) is 52.7 Å². The zero-order valence-corrected chi connectivity index (χ0v) is 11.0. The lowest BCUT2D eigenvalue weighted by Crippen LogP contribution is -2.68. The molecular weight excluding hydrogens is 206 g/mol. The largest absolute Gasteiger partial charge is 0.444 e. The molecule has 0 saturated carbocycles. The van der Waals surface area contributed by atoms with Crippen LogP contribution >= 0.6 is 0 Å². The highest BCUT2D eigenvalue weighted by Gasteiger charge is 2.52. The Bertz CT molecular complexity index is 315. The quantitative estimate of drug-likeness (QED) is 0.690. The van der Waals surface area contributed by atoms with E-state index in [-0.39, 0.29) is 17.8 Å². The zero-order chi connectivity index (χ0) is 12.7. The van der Waals surface area contributed by atoms with E-state index >= 15 is 0 Å². The maximum Gasteiger partial charge on any atom is 0.410 e. The normalized spacial score (nSPS) is 23.6. The Kier molecular flexibility index (Phi) is 3.05. The molecule has 0 spiro atoms. The second kappa shape index (κ2) is 3.75. The number of rotatable bonds is 1. The molecule has 0 radical (unpaired) electrons. The predicted molar refractivity (Wildman–Crippen MR) is 61.2 cm³/mol. The number of hydrogen-bond acceptors (Lipinski definition) is 3. The minimum Gasteiger partial charge on any atom is -0.444 e. The van der Waals surface area contributed by atoms with Crippen molar-refractivity contribution in [2.75, 3.05) is 6.54 Å². The zero-order valence-electron chi connectivity index (χ0n) is 11.0. The summed E-state index contributed by atoms with van der Waals surface area (Å²) in [6, 6.07) is 0. The molecule has 1 saturated heterocycles. The van der Waals surface area contributed by atoms with Crippen LogP contribution < -0.4 is 0 Å². The van der Waals surface area contributed by atoms with E-state index in [1.54, 1.807) is 11.8 Å². The summed E-state index contributed by atoms with van der Waals surface area (Å²) >= 11 is 0. The molecule has 1 unspecified atom stereocenters. The molecule has 4 heteroatoms. The third kappa shape index (κ3) is 2.36. The van der Waals surface area contributed by atoms with Crippen LogP contribution in [0.1, 0.15) is 41.5 Å². The first kappa shape index (κ1) is 13.0. The maximum absolute atomic E-state index is 11.8. The van der Waals surface area contributed by atoms with Gasteiger partial charge >= 0.3 is 6.09 Å². The molecule has 0 aromatic carbocycles. The summed E-state index contributed by atoms with van der Waals surface area (Å²) in [5, 5.41) is 0. The van der Waals surface area contributed by atoms with Crippen molar-refractivity contribution < 1.29 is 14.3 Å². The second-order valence-corrected chi connectivity index (χ2v) is 5.91. The smallest absolute Gasteiger partial charge is 0.410 e. The Morgan fingerprint density at radius 3 is 2.12 bits per heavy atom. The number of amides is 1. The number of hydrogen-bond donors (Lipinski definition) is 0. The molecule has 1 aliphatic rings. The monoisotopic (exact) mass is 227 g/mol. The molecule has 0 bridgehead atoms.